The van der Waals surface area contributed by atoms with E-state index in [-0.39, 0.29) is 5.75 Å². The van der Waals surface area contributed by atoms with Gasteiger partial charge in [0.25, 0.3) is 5.89 Å². The summed E-state index contributed by atoms with van der Waals surface area (Å²) in [6.45, 7) is 0. The van der Waals surface area contributed by atoms with Crippen molar-refractivity contribution in [1.29, 1.82) is 0 Å². The molecule has 0 bridgehead atoms. The number of hydrogen-bond acceptors (Lipinski definition) is 6. The standard InChI is InChI=1S/C15H13N3O3/c1-20-14-6-5-10(9-16-14)7-13-17-15(21-18-13)11-3-2-4-12(19)8-11/h2-6,8-9,19H,7H2,1H3. The second-order valence-corrected chi connectivity index (χ2v) is 4.45. The van der Waals surface area contributed by atoms with Gasteiger partial charge in [-0.05, 0) is 23.8 Å². The van der Waals surface area contributed by atoms with Crippen molar-refractivity contribution < 1.29 is 14.4 Å². The molecule has 2 heterocycles. The van der Waals surface area contributed by atoms with Gasteiger partial charge in [-0.2, -0.15) is 4.98 Å². The van der Waals surface area contributed by atoms with Crippen molar-refractivity contribution in [2.45, 2.75) is 6.42 Å². The minimum absolute atomic E-state index is 0.159. The maximum Gasteiger partial charge on any atom is 0.258 e. The summed E-state index contributed by atoms with van der Waals surface area (Å²) in [6, 6.07) is 10.4. The van der Waals surface area contributed by atoms with Crippen molar-refractivity contribution in [1.82, 2.24) is 15.1 Å². The van der Waals surface area contributed by atoms with Crippen LogP contribution in [0.1, 0.15) is 11.4 Å². The van der Waals surface area contributed by atoms with E-state index in [1.165, 1.54) is 0 Å². The first-order valence-corrected chi connectivity index (χ1v) is 6.35. The van der Waals surface area contributed by atoms with Gasteiger partial charge in [-0.15, -0.1) is 0 Å². The highest BCUT2D eigenvalue weighted by molar-refractivity contribution is 5.55. The molecule has 0 atom stereocenters. The highest BCUT2D eigenvalue weighted by Gasteiger charge is 2.10. The molecular weight excluding hydrogens is 270 g/mol. The third-order valence-electron chi connectivity index (χ3n) is 2.93. The molecule has 0 aliphatic heterocycles. The van der Waals surface area contributed by atoms with Crippen molar-refractivity contribution in [3.05, 3.63) is 54.0 Å². The van der Waals surface area contributed by atoms with Crippen LogP contribution in [0.4, 0.5) is 0 Å². The Bertz CT molecular complexity index is 738. The van der Waals surface area contributed by atoms with E-state index in [2.05, 4.69) is 15.1 Å². The smallest absolute Gasteiger partial charge is 0.258 e. The van der Waals surface area contributed by atoms with Gasteiger partial charge in [0.1, 0.15) is 5.75 Å². The SMILES string of the molecule is COc1ccc(Cc2noc(-c3cccc(O)c3)n2)cn1. The highest BCUT2D eigenvalue weighted by Crippen LogP contribution is 2.22. The molecule has 3 aromatic rings. The fraction of sp³-hybridized carbons (Fsp3) is 0.133. The minimum atomic E-state index is 0.159. The lowest BCUT2D eigenvalue weighted by atomic mass is 10.2. The fourth-order valence-electron chi connectivity index (χ4n) is 1.90. The second-order valence-electron chi connectivity index (χ2n) is 4.45. The van der Waals surface area contributed by atoms with E-state index in [9.17, 15) is 5.11 Å². The molecule has 6 nitrogen and oxygen atoms in total. The van der Waals surface area contributed by atoms with E-state index in [1.807, 2.05) is 6.07 Å². The van der Waals surface area contributed by atoms with Gasteiger partial charge in [0.05, 0.1) is 7.11 Å². The van der Waals surface area contributed by atoms with E-state index in [0.29, 0.717) is 29.6 Å². The molecule has 0 saturated heterocycles. The van der Waals surface area contributed by atoms with E-state index in [4.69, 9.17) is 9.26 Å². The van der Waals surface area contributed by atoms with Gasteiger partial charge in [0.2, 0.25) is 5.88 Å². The monoisotopic (exact) mass is 283 g/mol. The number of ether oxygens (including phenoxy) is 1. The molecule has 0 aliphatic rings. The minimum Gasteiger partial charge on any atom is -0.508 e. The summed E-state index contributed by atoms with van der Waals surface area (Å²) in [6.07, 6.45) is 2.22. The molecule has 6 heteroatoms. The highest BCUT2D eigenvalue weighted by atomic mass is 16.5. The van der Waals surface area contributed by atoms with Crippen LogP contribution in [0, 0.1) is 0 Å². The van der Waals surface area contributed by atoms with Crippen LogP contribution in [-0.4, -0.2) is 27.3 Å². The largest absolute Gasteiger partial charge is 0.508 e. The molecule has 0 spiro atoms. The van der Waals surface area contributed by atoms with Crippen molar-refractivity contribution in [2.24, 2.45) is 0 Å². The van der Waals surface area contributed by atoms with Gasteiger partial charge in [-0.25, -0.2) is 4.98 Å². The van der Waals surface area contributed by atoms with E-state index in [1.54, 1.807) is 43.6 Å². The van der Waals surface area contributed by atoms with Gasteiger partial charge in [-0.1, -0.05) is 17.3 Å². The number of aromatic nitrogens is 3. The number of aromatic hydroxyl groups is 1. The van der Waals surface area contributed by atoms with Crippen LogP contribution in [0.2, 0.25) is 0 Å². The summed E-state index contributed by atoms with van der Waals surface area (Å²) >= 11 is 0. The van der Waals surface area contributed by atoms with Crippen molar-refractivity contribution >= 4 is 0 Å². The maximum atomic E-state index is 9.46. The molecule has 1 N–H and O–H groups in total. The predicted octanol–water partition coefficient (Wildman–Crippen LogP) is 2.44. The number of rotatable bonds is 4. The first-order chi connectivity index (χ1) is 10.2. The number of methoxy groups -OCH3 is 1. The maximum absolute atomic E-state index is 9.46. The van der Waals surface area contributed by atoms with Crippen LogP contribution in [0.25, 0.3) is 11.5 Å². The molecule has 0 radical (unpaired) electrons. The molecule has 106 valence electrons. The van der Waals surface area contributed by atoms with Gasteiger partial charge >= 0.3 is 0 Å². The summed E-state index contributed by atoms with van der Waals surface area (Å²) < 4.78 is 10.2. The molecular formula is C15H13N3O3. The van der Waals surface area contributed by atoms with Gasteiger partial charge in [0, 0.05) is 24.2 Å². The van der Waals surface area contributed by atoms with E-state index in [0.717, 1.165) is 5.56 Å². The Hall–Kier alpha value is -2.89. The lowest BCUT2D eigenvalue weighted by Crippen LogP contribution is -1.93. The van der Waals surface area contributed by atoms with Gasteiger partial charge in [-0.3, -0.25) is 0 Å². The molecule has 3 rings (SSSR count). The normalized spacial score (nSPS) is 10.5. The van der Waals surface area contributed by atoms with Crippen molar-refractivity contribution in [3.63, 3.8) is 0 Å². The summed E-state index contributed by atoms with van der Waals surface area (Å²) in [5.41, 5.74) is 1.64. The summed E-state index contributed by atoms with van der Waals surface area (Å²) in [5, 5.41) is 13.4. The van der Waals surface area contributed by atoms with Crippen LogP contribution >= 0.6 is 0 Å². The third kappa shape index (κ3) is 3.00. The zero-order valence-electron chi connectivity index (χ0n) is 11.4. The Morgan fingerprint density at radius 3 is 2.86 bits per heavy atom. The Balaban J connectivity index is 1.78. The Morgan fingerprint density at radius 2 is 2.14 bits per heavy atom. The fourth-order valence-corrected chi connectivity index (χ4v) is 1.90. The first-order valence-electron chi connectivity index (χ1n) is 6.35. The van der Waals surface area contributed by atoms with Crippen LogP contribution in [0.15, 0.2) is 47.1 Å². The van der Waals surface area contributed by atoms with Crippen LogP contribution < -0.4 is 4.74 Å². The molecule has 0 amide bonds. The molecule has 0 fully saturated rings. The lowest BCUT2D eigenvalue weighted by molar-refractivity contribution is 0.397. The summed E-state index contributed by atoms with van der Waals surface area (Å²) in [4.78, 5) is 8.44. The Kier molecular flexibility index (Phi) is 3.51. The van der Waals surface area contributed by atoms with Crippen molar-refractivity contribution in [3.8, 4) is 23.1 Å². The average Bonchev–Trinajstić information content (AvgIpc) is 2.97. The van der Waals surface area contributed by atoms with E-state index < -0.39 is 0 Å². The lowest BCUT2D eigenvalue weighted by Gasteiger charge is -1.99. The van der Waals surface area contributed by atoms with Crippen molar-refractivity contribution in [2.75, 3.05) is 7.11 Å². The Morgan fingerprint density at radius 1 is 1.24 bits per heavy atom. The van der Waals surface area contributed by atoms with Crippen LogP contribution in [0.5, 0.6) is 11.6 Å². The number of hydrogen-bond donors (Lipinski definition) is 1. The number of benzene rings is 1. The molecule has 0 saturated carbocycles. The average molecular weight is 283 g/mol. The Labute approximate surface area is 121 Å². The summed E-state index contributed by atoms with van der Waals surface area (Å²) in [5.74, 6) is 1.65. The second kappa shape index (κ2) is 5.62. The predicted molar refractivity (Wildman–Crippen MR) is 75.0 cm³/mol. The molecule has 2 aromatic heterocycles. The number of nitrogens with zero attached hydrogens (tertiary/aromatic N) is 3. The van der Waals surface area contributed by atoms with Gasteiger partial charge in [0.15, 0.2) is 5.82 Å². The van der Waals surface area contributed by atoms with Crippen LogP contribution in [0.3, 0.4) is 0 Å². The number of phenolic OH excluding ortho intramolecular Hbond substituents is 1. The van der Waals surface area contributed by atoms with E-state index >= 15 is 0 Å². The zero-order valence-corrected chi connectivity index (χ0v) is 11.4. The molecule has 0 unspecified atom stereocenters. The molecule has 1 aromatic carbocycles. The zero-order chi connectivity index (χ0) is 14.7. The summed E-state index contributed by atoms with van der Waals surface area (Å²) in [7, 11) is 1.57. The molecule has 0 aliphatic carbocycles. The van der Waals surface area contributed by atoms with Gasteiger partial charge < -0.3 is 14.4 Å². The quantitative estimate of drug-likeness (QED) is 0.792. The third-order valence-corrected chi connectivity index (χ3v) is 2.93. The first kappa shape index (κ1) is 13.1. The number of pyridine rings is 1. The van der Waals surface area contributed by atoms with Crippen LogP contribution in [-0.2, 0) is 6.42 Å². The number of phenols is 1. The molecule has 21 heavy (non-hydrogen) atoms. The topological polar surface area (TPSA) is 81.3 Å².